The average Bonchev–Trinajstić information content (AvgIpc) is 3.01. The van der Waals surface area contributed by atoms with Gasteiger partial charge in [0.05, 0.1) is 23.9 Å². The van der Waals surface area contributed by atoms with Crippen molar-refractivity contribution in [1.29, 1.82) is 0 Å². The first-order valence-corrected chi connectivity index (χ1v) is 8.29. The third-order valence-corrected chi connectivity index (χ3v) is 3.85. The lowest BCUT2D eigenvalue weighted by molar-refractivity contribution is 0.0696. The number of nitrogens with one attached hydrogen (secondary N) is 1. The van der Waals surface area contributed by atoms with Crippen LogP contribution in [0.1, 0.15) is 22.8 Å². The highest BCUT2D eigenvalue weighted by Gasteiger charge is 2.14. The van der Waals surface area contributed by atoms with Crippen LogP contribution in [0.5, 0.6) is 5.75 Å². The maximum Gasteiger partial charge on any atom is 0.336 e. The number of H-pyrrole nitrogens is 1. The van der Waals surface area contributed by atoms with Crippen LogP contribution in [0.2, 0.25) is 0 Å². The lowest BCUT2D eigenvalue weighted by Gasteiger charge is -2.08. The molecule has 0 fully saturated rings. The van der Waals surface area contributed by atoms with Gasteiger partial charge < -0.3 is 9.84 Å². The second kappa shape index (κ2) is 7.75. The number of nitrogens with zero attached hydrogens (tertiary/aromatic N) is 3. The van der Waals surface area contributed by atoms with Gasteiger partial charge in [-0.2, -0.15) is 14.9 Å². The van der Waals surface area contributed by atoms with E-state index >= 15 is 0 Å². The van der Waals surface area contributed by atoms with Gasteiger partial charge in [0.25, 0.3) is 0 Å². The van der Waals surface area contributed by atoms with Crippen LogP contribution in [-0.2, 0) is 0 Å². The van der Waals surface area contributed by atoms with E-state index in [2.05, 4.69) is 15.3 Å². The fourth-order valence-electron chi connectivity index (χ4n) is 2.43. The van der Waals surface area contributed by atoms with Gasteiger partial charge in [0.15, 0.2) is 5.82 Å². The van der Waals surface area contributed by atoms with Crippen LogP contribution in [0.4, 0.5) is 0 Å². The molecule has 8 heteroatoms. The number of aromatic carboxylic acids is 1. The molecule has 0 aliphatic rings. The summed E-state index contributed by atoms with van der Waals surface area (Å²) < 4.78 is 7.36. The lowest BCUT2D eigenvalue weighted by atomic mass is 10.1. The van der Waals surface area contributed by atoms with E-state index in [-0.39, 0.29) is 10.3 Å². The summed E-state index contributed by atoms with van der Waals surface area (Å²) in [5.41, 5.74) is 1.35. The Balaban J connectivity index is 2.06. The van der Waals surface area contributed by atoms with Crippen molar-refractivity contribution >= 4 is 24.4 Å². The number of ether oxygens (including phenoxy) is 1. The first-order valence-electron chi connectivity index (χ1n) is 7.88. The molecule has 0 radical (unpaired) electrons. The minimum Gasteiger partial charge on any atom is -0.493 e. The Hall–Kier alpha value is -3.26. The summed E-state index contributed by atoms with van der Waals surface area (Å²) in [6.07, 6.45) is 1.45. The van der Waals surface area contributed by atoms with Gasteiger partial charge in [-0.25, -0.2) is 9.89 Å². The number of carbonyl (C=O) groups is 1. The third kappa shape index (κ3) is 3.55. The molecule has 0 bridgehead atoms. The molecule has 1 heterocycles. The third-order valence-electron chi connectivity index (χ3n) is 3.58. The Morgan fingerprint density at radius 1 is 1.31 bits per heavy atom. The lowest BCUT2D eigenvalue weighted by Crippen LogP contribution is -2.03. The van der Waals surface area contributed by atoms with Crippen LogP contribution in [-0.4, -0.2) is 38.8 Å². The molecule has 0 atom stereocenters. The molecule has 0 saturated heterocycles. The average molecular weight is 368 g/mol. The van der Waals surface area contributed by atoms with Gasteiger partial charge in [-0.05, 0) is 37.3 Å². The summed E-state index contributed by atoms with van der Waals surface area (Å²) in [5.74, 6) is 0.110. The zero-order valence-corrected chi connectivity index (χ0v) is 14.7. The number of para-hydroxylation sites is 1. The van der Waals surface area contributed by atoms with Gasteiger partial charge in [-0.1, -0.05) is 30.3 Å². The Bertz CT molecular complexity index is 1020. The summed E-state index contributed by atoms with van der Waals surface area (Å²) in [7, 11) is 0. The van der Waals surface area contributed by atoms with E-state index < -0.39 is 5.97 Å². The molecule has 7 nitrogen and oxygen atoms in total. The highest BCUT2D eigenvalue weighted by Crippen LogP contribution is 2.28. The quantitative estimate of drug-likeness (QED) is 0.512. The molecule has 0 saturated carbocycles. The second-order valence-corrected chi connectivity index (χ2v) is 5.62. The van der Waals surface area contributed by atoms with Crippen LogP contribution in [0.15, 0.2) is 53.6 Å². The molecule has 2 N–H and O–H groups in total. The molecular weight excluding hydrogens is 352 g/mol. The number of carboxylic acids is 1. The van der Waals surface area contributed by atoms with E-state index in [0.717, 1.165) is 5.56 Å². The van der Waals surface area contributed by atoms with Crippen molar-refractivity contribution in [3.63, 3.8) is 0 Å². The molecule has 0 unspecified atom stereocenters. The maximum atomic E-state index is 11.3. The number of aromatic nitrogens is 3. The van der Waals surface area contributed by atoms with Crippen LogP contribution in [0, 0.1) is 4.77 Å². The summed E-state index contributed by atoms with van der Waals surface area (Å²) in [6, 6.07) is 14.0. The van der Waals surface area contributed by atoms with E-state index in [1.807, 2.05) is 31.2 Å². The maximum absolute atomic E-state index is 11.3. The van der Waals surface area contributed by atoms with E-state index in [9.17, 15) is 9.90 Å². The van der Waals surface area contributed by atoms with Crippen molar-refractivity contribution in [2.45, 2.75) is 6.92 Å². The molecule has 26 heavy (non-hydrogen) atoms. The fraction of sp³-hybridized carbons (Fsp3) is 0.111. The van der Waals surface area contributed by atoms with E-state index in [0.29, 0.717) is 23.7 Å². The van der Waals surface area contributed by atoms with Gasteiger partial charge in [-0.15, -0.1) is 0 Å². The number of aromatic amines is 1. The second-order valence-electron chi connectivity index (χ2n) is 5.23. The molecule has 0 aliphatic heterocycles. The SMILES string of the molecule is CCOc1ccccc1-c1n[nH]c(=S)n1/N=C\c1ccccc1C(=O)O. The standard InChI is InChI=1S/C18H16N4O3S/c1-2-25-15-10-6-5-9-14(15)16-20-21-18(26)22(16)19-11-12-7-3-4-8-13(12)17(23)24/h3-11H,2H2,1H3,(H,21,26)(H,23,24)/b19-11-. The summed E-state index contributed by atoms with van der Waals surface area (Å²) >= 11 is 5.25. The van der Waals surface area contributed by atoms with E-state index in [1.165, 1.54) is 17.0 Å². The highest BCUT2D eigenvalue weighted by atomic mass is 32.1. The first-order chi connectivity index (χ1) is 12.6. The van der Waals surface area contributed by atoms with Crippen LogP contribution in [0.3, 0.4) is 0 Å². The largest absolute Gasteiger partial charge is 0.493 e. The molecular formula is C18H16N4O3S. The highest BCUT2D eigenvalue weighted by molar-refractivity contribution is 7.71. The number of hydrogen-bond donors (Lipinski definition) is 2. The Morgan fingerprint density at radius 2 is 2.04 bits per heavy atom. The number of hydrogen-bond acceptors (Lipinski definition) is 5. The van der Waals surface area contributed by atoms with Gasteiger partial charge in [0.2, 0.25) is 4.77 Å². The van der Waals surface area contributed by atoms with E-state index in [4.69, 9.17) is 17.0 Å². The Kier molecular flexibility index (Phi) is 5.23. The normalized spacial score (nSPS) is 11.0. The van der Waals surface area contributed by atoms with Gasteiger partial charge in [0.1, 0.15) is 5.75 Å². The minimum absolute atomic E-state index is 0.155. The molecule has 1 aromatic heterocycles. The van der Waals surface area contributed by atoms with Gasteiger partial charge >= 0.3 is 5.97 Å². The van der Waals surface area contributed by atoms with Crippen LogP contribution in [0.25, 0.3) is 11.4 Å². The summed E-state index contributed by atoms with van der Waals surface area (Å²) in [6.45, 7) is 2.41. The van der Waals surface area contributed by atoms with Crippen molar-refractivity contribution in [3.05, 3.63) is 64.4 Å². The van der Waals surface area contributed by atoms with E-state index in [1.54, 1.807) is 18.2 Å². The fourth-order valence-corrected chi connectivity index (χ4v) is 2.61. The molecule has 0 aliphatic carbocycles. The van der Waals surface area contributed by atoms with Gasteiger partial charge in [0, 0.05) is 5.56 Å². The minimum atomic E-state index is -1.02. The van der Waals surface area contributed by atoms with Crippen molar-refractivity contribution in [1.82, 2.24) is 14.9 Å². The van der Waals surface area contributed by atoms with Crippen molar-refractivity contribution in [2.75, 3.05) is 6.61 Å². The topological polar surface area (TPSA) is 92.5 Å². The number of benzene rings is 2. The van der Waals surface area contributed by atoms with Crippen molar-refractivity contribution in [3.8, 4) is 17.1 Å². The van der Waals surface area contributed by atoms with Crippen LogP contribution >= 0.6 is 12.2 Å². The van der Waals surface area contributed by atoms with Crippen LogP contribution < -0.4 is 4.74 Å². The zero-order chi connectivity index (χ0) is 18.5. The summed E-state index contributed by atoms with van der Waals surface area (Å²) in [5, 5.41) is 20.6. The zero-order valence-electron chi connectivity index (χ0n) is 13.9. The molecule has 0 amide bonds. The Morgan fingerprint density at radius 3 is 2.81 bits per heavy atom. The van der Waals surface area contributed by atoms with Crippen molar-refractivity contribution < 1.29 is 14.6 Å². The molecule has 3 rings (SSSR count). The predicted molar refractivity (Wildman–Crippen MR) is 100 cm³/mol. The molecule has 0 spiro atoms. The van der Waals surface area contributed by atoms with Crippen molar-refractivity contribution in [2.24, 2.45) is 5.10 Å². The molecule has 3 aromatic rings. The smallest absolute Gasteiger partial charge is 0.336 e. The summed E-state index contributed by atoms with van der Waals surface area (Å²) in [4.78, 5) is 11.3. The number of rotatable bonds is 6. The first kappa shape index (κ1) is 17.6. The predicted octanol–water partition coefficient (Wildman–Crippen LogP) is 3.59. The van der Waals surface area contributed by atoms with Gasteiger partial charge in [-0.3, -0.25) is 0 Å². The molecule has 2 aromatic carbocycles. The molecule has 132 valence electrons. The number of carboxylic acid groups (broad SMARTS) is 1. The monoisotopic (exact) mass is 368 g/mol. The Labute approximate surface area is 154 Å².